The van der Waals surface area contributed by atoms with Crippen LogP contribution in [-0.4, -0.2) is 55.2 Å². The van der Waals surface area contributed by atoms with Crippen molar-refractivity contribution >= 4 is 72.5 Å². The van der Waals surface area contributed by atoms with E-state index in [2.05, 4.69) is 20.8 Å². The number of benzene rings is 1. The van der Waals surface area contributed by atoms with Gasteiger partial charge < -0.3 is 9.15 Å². The number of morpholine rings is 1. The van der Waals surface area contributed by atoms with E-state index in [1.54, 1.807) is 17.0 Å². The fourth-order valence-corrected chi connectivity index (χ4v) is 4.84. The summed E-state index contributed by atoms with van der Waals surface area (Å²) in [6.45, 7) is 6.80. The van der Waals surface area contributed by atoms with Crippen LogP contribution in [0.5, 0.6) is 0 Å². The van der Waals surface area contributed by atoms with Crippen LogP contribution in [0.15, 0.2) is 33.4 Å². The second kappa shape index (κ2) is 10.4. The third-order valence-corrected chi connectivity index (χ3v) is 6.84. The molecule has 0 N–H and O–H groups in total. The first-order valence-corrected chi connectivity index (χ1v) is 11.4. The van der Waals surface area contributed by atoms with Crippen LogP contribution in [0, 0.1) is 6.92 Å². The molecule has 3 heterocycles. The number of amides is 1. The molecule has 4 rings (SSSR count). The van der Waals surface area contributed by atoms with Crippen molar-refractivity contribution in [2.24, 2.45) is 0 Å². The molecule has 0 spiro atoms. The Balaban J connectivity index is 0.00000256. The molecule has 3 aromatic rings. The largest absolute Gasteiger partial charge is 0.444 e. The van der Waals surface area contributed by atoms with Crippen molar-refractivity contribution in [3.63, 3.8) is 0 Å². The molecule has 0 aliphatic carbocycles. The molecule has 0 radical (unpaired) electrons. The normalized spacial score (nSPS) is 14.6. The number of anilines is 1. The molecule has 1 aliphatic rings. The van der Waals surface area contributed by atoms with Crippen LogP contribution in [0.3, 0.4) is 0 Å². The number of furan rings is 1. The summed E-state index contributed by atoms with van der Waals surface area (Å²) in [4.78, 5) is 22.0. The summed E-state index contributed by atoms with van der Waals surface area (Å²) in [6, 6.07) is 7.22. The van der Waals surface area contributed by atoms with Gasteiger partial charge in [-0.05, 0) is 59.1 Å². The Hall–Kier alpha value is -1.16. The zero-order chi connectivity index (χ0) is 20.4. The molecule has 1 aliphatic heterocycles. The summed E-state index contributed by atoms with van der Waals surface area (Å²) in [5, 5.41) is 1.33. The summed E-state index contributed by atoms with van der Waals surface area (Å²) < 4.78 is 12.5. The molecular formula is C20H22BrCl2N3O3S. The topological polar surface area (TPSA) is 58.8 Å². The first kappa shape index (κ1) is 23.5. The molecule has 1 aromatic carbocycles. The highest BCUT2D eigenvalue weighted by atomic mass is 79.9. The zero-order valence-corrected chi connectivity index (χ0v) is 20.4. The second-order valence-corrected chi connectivity index (χ2v) is 9.08. The summed E-state index contributed by atoms with van der Waals surface area (Å²) in [6.07, 6.45) is 0.837. The number of nitrogens with zero attached hydrogens (tertiary/aromatic N) is 3. The number of rotatable bonds is 6. The van der Waals surface area contributed by atoms with Gasteiger partial charge in [-0.1, -0.05) is 22.9 Å². The maximum atomic E-state index is 13.2. The van der Waals surface area contributed by atoms with Gasteiger partial charge in [-0.25, -0.2) is 4.98 Å². The fraction of sp³-hybridized carbons (Fsp3) is 0.400. The number of carbonyl (C=O) groups excluding carboxylic acids is 1. The highest BCUT2D eigenvalue weighted by Gasteiger charge is 2.24. The lowest BCUT2D eigenvalue weighted by Gasteiger charge is -2.27. The average molecular weight is 535 g/mol. The Labute approximate surface area is 198 Å². The number of hydrogen-bond donors (Lipinski definition) is 0. The highest BCUT2D eigenvalue weighted by molar-refractivity contribution is 9.10. The lowest BCUT2D eigenvalue weighted by molar-refractivity contribution is 0.0376. The Morgan fingerprint density at radius 2 is 2.07 bits per heavy atom. The Bertz CT molecular complexity index is 1020. The van der Waals surface area contributed by atoms with Crippen molar-refractivity contribution in [3.05, 3.63) is 45.3 Å². The third-order valence-electron chi connectivity index (χ3n) is 4.96. The number of hydrogen-bond acceptors (Lipinski definition) is 6. The van der Waals surface area contributed by atoms with Crippen LogP contribution in [0.4, 0.5) is 5.13 Å². The minimum absolute atomic E-state index is 0. The fourth-order valence-electron chi connectivity index (χ4n) is 3.33. The molecule has 0 bridgehead atoms. The molecule has 0 saturated carbocycles. The quantitative estimate of drug-likeness (QED) is 0.423. The first-order valence-electron chi connectivity index (χ1n) is 9.46. The Kier molecular flexibility index (Phi) is 8.17. The van der Waals surface area contributed by atoms with Crippen LogP contribution in [0.25, 0.3) is 10.2 Å². The summed E-state index contributed by atoms with van der Waals surface area (Å²) >= 11 is 11.0. The molecule has 1 amide bonds. The molecule has 162 valence electrons. The number of halogens is 3. The molecule has 10 heteroatoms. The summed E-state index contributed by atoms with van der Waals surface area (Å²) in [7, 11) is 0. The molecule has 6 nitrogen and oxygen atoms in total. The van der Waals surface area contributed by atoms with E-state index in [-0.39, 0.29) is 24.1 Å². The van der Waals surface area contributed by atoms with Crippen molar-refractivity contribution in [1.82, 2.24) is 9.88 Å². The van der Waals surface area contributed by atoms with Gasteiger partial charge in [0.05, 0.1) is 23.4 Å². The molecule has 0 unspecified atom stereocenters. The van der Waals surface area contributed by atoms with Gasteiger partial charge in [-0.15, -0.1) is 12.4 Å². The third kappa shape index (κ3) is 5.18. The van der Waals surface area contributed by atoms with Crippen LogP contribution >= 0.6 is 51.3 Å². The van der Waals surface area contributed by atoms with E-state index in [4.69, 9.17) is 25.7 Å². The van der Waals surface area contributed by atoms with E-state index in [9.17, 15) is 4.79 Å². The molecule has 0 atom stereocenters. The van der Waals surface area contributed by atoms with E-state index >= 15 is 0 Å². The maximum Gasteiger partial charge on any atom is 0.295 e. The smallest absolute Gasteiger partial charge is 0.295 e. The molecule has 1 saturated heterocycles. The predicted molar refractivity (Wildman–Crippen MR) is 127 cm³/mol. The molecule has 1 fully saturated rings. The molecule has 2 aromatic heterocycles. The van der Waals surface area contributed by atoms with E-state index in [0.717, 1.165) is 55.0 Å². The first-order chi connectivity index (χ1) is 14.0. The number of ether oxygens (including phenoxy) is 1. The van der Waals surface area contributed by atoms with E-state index in [1.165, 1.54) is 11.3 Å². The van der Waals surface area contributed by atoms with E-state index in [1.807, 2.05) is 19.1 Å². The Morgan fingerprint density at radius 3 is 2.77 bits per heavy atom. The van der Waals surface area contributed by atoms with E-state index in [0.29, 0.717) is 21.4 Å². The van der Waals surface area contributed by atoms with Crippen molar-refractivity contribution < 1.29 is 13.9 Å². The summed E-state index contributed by atoms with van der Waals surface area (Å²) in [5.41, 5.74) is 1.76. The van der Waals surface area contributed by atoms with Gasteiger partial charge in [0.25, 0.3) is 5.91 Å². The minimum Gasteiger partial charge on any atom is -0.444 e. The van der Waals surface area contributed by atoms with Gasteiger partial charge in [0, 0.05) is 31.2 Å². The minimum atomic E-state index is -0.194. The second-order valence-electron chi connectivity index (χ2n) is 6.88. The van der Waals surface area contributed by atoms with Gasteiger partial charge in [-0.2, -0.15) is 0 Å². The van der Waals surface area contributed by atoms with Crippen LogP contribution in [0.2, 0.25) is 5.02 Å². The lowest BCUT2D eigenvalue weighted by Crippen LogP contribution is -2.39. The zero-order valence-electron chi connectivity index (χ0n) is 16.4. The average Bonchev–Trinajstić information content (AvgIpc) is 3.35. The number of fused-ring (bicyclic) bond motifs is 1. The van der Waals surface area contributed by atoms with Crippen molar-refractivity contribution in [2.75, 3.05) is 44.3 Å². The van der Waals surface area contributed by atoms with Crippen LogP contribution in [0.1, 0.15) is 22.5 Å². The van der Waals surface area contributed by atoms with Crippen LogP contribution < -0.4 is 4.90 Å². The molecular weight excluding hydrogens is 513 g/mol. The van der Waals surface area contributed by atoms with Crippen molar-refractivity contribution in [1.29, 1.82) is 0 Å². The lowest BCUT2D eigenvalue weighted by atomic mass is 10.2. The Morgan fingerprint density at radius 1 is 1.30 bits per heavy atom. The SMILES string of the molecule is Cc1c(Cl)ccc2sc(N(CCCN3CCOCC3)C(=O)c3ccc(Br)o3)nc12.Cl. The van der Waals surface area contributed by atoms with Gasteiger partial charge in [0.15, 0.2) is 15.6 Å². The van der Waals surface area contributed by atoms with Gasteiger partial charge >= 0.3 is 0 Å². The van der Waals surface area contributed by atoms with Gasteiger partial charge in [0.1, 0.15) is 0 Å². The number of thiazole rings is 1. The predicted octanol–water partition coefficient (Wildman–Crippen LogP) is 5.40. The van der Waals surface area contributed by atoms with E-state index < -0.39 is 0 Å². The van der Waals surface area contributed by atoms with Crippen LogP contribution in [-0.2, 0) is 4.74 Å². The monoisotopic (exact) mass is 533 g/mol. The van der Waals surface area contributed by atoms with Crippen molar-refractivity contribution in [2.45, 2.75) is 13.3 Å². The number of aromatic nitrogens is 1. The maximum absolute atomic E-state index is 13.2. The number of carbonyl (C=O) groups is 1. The highest BCUT2D eigenvalue weighted by Crippen LogP contribution is 2.34. The van der Waals surface area contributed by atoms with Crippen molar-refractivity contribution in [3.8, 4) is 0 Å². The standard InChI is InChI=1S/C20H21BrClN3O3S.ClH/c1-13-14(22)3-5-16-18(13)23-20(29-16)25(19(26)15-4-6-17(21)28-15)8-2-7-24-9-11-27-12-10-24;/h3-6H,2,7-12H2,1H3;1H. The number of aryl methyl sites for hydroxylation is 1. The summed E-state index contributed by atoms with van der Waals surface area (Å²) in [5.74, 6) is 0.0951. The van der Waals surface area contributed by atoms with Gasteiger partial charge in [-0.3, -0.25) is 14.6 Å². The molecule has 30 heavy (non-hydrogen) atoms. The van der Waals surface area contributed by atoms with Gasteiger partial charge in [0.2, 0.25) is 0 Å².